The van der Waals surface area contributed by atoms with Crippen molar-refractivity contribution in [1.82, 2.24) is 15.3 Å². The topological polar surface area (TPSA) is 107 Å². The minimum Gasteiger partial charge on any atom is -0.462 e. The van der Waals surface area contributed by atoms with E-state index in [2.05, 4.69) is 15.3 Å². The number of nitrogen functional groups attached to an aromatic ring is 1. The predicted molar refractivity (Wildman–Crippen MR) is 101 cm³/mol. The molecule has 1 heterocycles. The number of nitrogens with one attached hydrogen (secondary N) is 1. The highest BCUT2D eigenvalue weighted by Gasteiger charge is 2.21. The van der Waals surface area contributed by atoms with Crippen LogP contribution in [0.3, 0.4) is 0 Å². The molecule has 0 spiro atoms. The van der Waals surface area contributed by atoms with Crippen LogP contribution in [-0.4, -0.2) is 33.7 Å². The second-order valence-corrected chi connectivity index (χ2v) is 6.70. The molecule has 9 heteroatoms. The number of esters is 1. The number of benzene rings is 1. The lowest BCUT2D eigenvalue weighted by Gasteiger charge is -2.14. The molecular weight excluding hydrogens is 371 g/mol. The van der Waals surface area contributed by atoms with Crippen molar-refractivity contribution in [3.8, 4) is 0 Å². The number of carbonyl (C=O) groups excluding carboxylic acids is 2. The molecule has 1 aromatic heterocycles. The largest absolute Gasteiger partial charge is 0.462 e. The molecule has 0 aliphatic rings. The zero-order valence-electron chi connectivity index (χ0n) is 15.1. The Morgan fingerprint density at radius 1 is 1.30 bits per heavy atom. The fourth-order valence-corrected chi connectivity index (χ4v) is 3.03. The number of amides is 1. The molecule has 2 aromatic rings. The van der Waals surface area contributed by atoms with E-state index in [-0.39, 0.29) is 29.7 Å². The van der Waals surface area contributed by atoms with E-state index in [9.17, 15) is 14.0 Å². The normalized spacial score (nSPS) is 11.7. The van der Waals surface area contributed by atoms with Gasteiger partial charge in [-0.1, -0.05) is 30.8 Å². The summed E-state index contributed by atoms with van der Waals surface area (Å²) in [5, 5.41) is 2.67. The molecule has 0 saturated carbocycles. The third-order valence-electron chi connectivity index (χ3n) is 3.58. The molecule has 144 valence electrons. The fourth-order valence-electron chi connectivity index (χ4n) is 2.16. The Hall–Kier alpha value is -2.68. The maximum Gasteiger partial charge on any atom is 0.343 e. The summed E-state index contributed by atoms with van der Waals surface area (Å²) < 4.78 is 17.8. The Bertz CT molecular complexity index is 802. The lowest BCUT2D eigenvalue weighted by molar-refractivity contribution is -0.120. The van der Waals surface area contributed by atoms with Gasteiger partial charge in [0, 0.05) is 12.7 Å². The molecule has 0 aliphatic heterocycles. The molecule has 3 N–H and O–H groups in total. The van der Waals surface area contributed by atoms with Crippen LogP contribution in [-0.2, 0) is 16.1 Å². The number of rotatable bonds is 8. The van der Waals surface area contributed by atoms with Crippen molar-refractivity contribution in [2.24, 2.45) is 0 Å². The zero-order valence-corrected chi connectivity index (χ0v) is 15.9. The van der Waals surface area contributed by atoms with Gasteiger partial charge in [-0.2, -0.15) is 0 Å². The maximum absolute atomic E-state index is 12.9. The van der Waals surface area contributed by atoms with Gasteiger partial charge < -0.3 is 15.8 Å². The van der Waals surface area contributed by atoms with Crippen LogP contribution < -0.4 is 11.1 Å². The van der Waals surface area contributed by atoms with Gasteiger partial charge in [-0.25, -0.2) is 19.2 Å². The molecule has 1 aromatic carbocycles. The average Bonchev–Trinajstić information content (AvgIpc) is 2.65. The van der Waals surface area contributed by atoms with E-state index < -0.39 is 11.2 Å². The Kier molecular flexibility index (Phi) is 7.54. The van der Waals surface area contributed by atoms with Gasteiger partial charge in [-0.05, 0) is 31.0 Å². The van der Waals surface area contributed by atoms with Gasteiger partial charge in [0.25, 0.3) is 0 Å². The summed E-state index contributed by atoms with van der Waals surface area (Å²) in [5.41, 5.74) is 6.68. The van der Waals surface area contributed by atoms with Gasteiger partial charge in [0.05, 0.1) is 11.9 Å². The first-order chi connectivity index (χ1) is 12.9. The van der Waals surface area contributed by atoms with Crippen LogP contribution in [0.1, 0.15) is 36.2 Å². The lowest BCUT2D eigenvalue weighted by Crippen LogP contribution is -2.32. The molecule has 0 radical (unpaired) electrons. The van der Waals surface area contributed by atoms with Crippen molar-refractivity contribution in [1.29, 1.82) is 0 Å². The third-order valence-corrected chi connectivity index (χ3v) is 4.82. The SMILES string of the molecule is CCOC(=O)c1cnc(S[C@@H](CC)C(=O)NCc2ccc(F)cc2)nc1N. The highest BCUT2D eigenvalue weighted by atomic mass is 32.2. The molecule has 0 unspecified atom stereocenters. The quantitative estimate of drug-likeness (QED) is 0.404. The van der Waals surface area contributed by atoms with Crippen molar-refractivity contribution in [3.05, 3.63) is 47.4 Å². The number of nitrogens with zero attached hydrogens (tertiary/aromatic N) is 2. The predicted octanol–water partition coefficient (Wildman–Crippen LogP) is 2.56. The lowest BCUT2D eigenvalue weighted by atomic mass is 10.2. The molecule has 1 amide bonds. The van der Waals surface area contributed by atoms with Crippen molar-refractivity contribution in [3.63, 3.8) is 0 Å². The first-order valence-corrected chi connectivity index (χ1v) is 9.31. The minimum absolute atomic E-state index is 0.00697. The minimum atomic E-state index is -0.587. The van der Waals surface area contributed by atoms with Gasteiger partial charge >= 0.3 is 5.97 Å². The van der Waals surface area contributed by atoms with Crippen LogP contribution >= 0.6 is 11.8 Å². The van der Waals surface area contributed by atoms with E-state index in [4.69, 9.17) is 10.5 Å². The summed E-state index contributed by atoms with van der Waals surface area (Å²) in [4.78, 5) is 32.3. The number of thioether (sulfide) groups is 1. The van der Waals surface area contributed by atoms with Crippen molar-refractivity contribution in [2.75, 3.05) is 12.3 Å². The summed E-state index contributed by atoms with van der Waals surface area (Å²) in [6.07, 6.45) is 1.84. The van der Waals surface area contributed by atoms with Crippen LogP contribution in [0, 0.1) is 5.82 Å². The van der Waals surface area contributed by atoms with Gasteiger partial charge in [0.2, 0.25) is 5.91 Å². The first-order valence-electron chi connectivity index (χ1n) is 8.43. The second-order valence-electron chi connectivity index (χ2n) is 5.53. The smallest absolute Gasteiger partial charge is 0.343 e. The Balaban J connectivity index is 1.98. The van der Waals surface area contributed by atoms with Gasteiger partial charge in [-0.3, -0.25) is 4.79 Å². The van der Waals surface area contributed by atoms with E-state index in [1.165, 1.54) is 18.3 Å². The van der Waals surface area contributed by atoms with E-state index >= 15 is 0 Å². The number of hydrogen-bond donors (Lipinski definition) is 2. The standard InChI is InChI=1S/C18H21FN4O3S/c1-3-14(16(24)21-9-11-5-7-12(19)8-6-11)27-18-22-10-13(15(20)23-18)17(25)26-4-2/h5-8,10,14H,3-4,9H2,1-2H3,(H,21,24)(H2,20,22,23)/t14-/m0/s1. The number of halogens is 1. The molecule has 0 fully saturated rings. The Morgan fingerprint density at radius 3 is 2.59 bits per heavy atom. The molecule has 0 saturated heterocycles. The van der Waals surface area contributed by atoms with Gasteiger partial charge in [0.1, 0.15) is 17.2 Å². The van der Waals surface area contributed by atoms with E-state index in [0.717, 1.165) is 17.3 Å². The number of hydrogen-bond acceptors (Lipinski definition) is 7. The first kappa shape index (κ1) is 20.6. The van der Waals surface area contributed by atoms with E-state index in [1.54, 1.807) is 19.1 Å². The number of carbonyl (C=O) groups is 2. The van der Waals surface area contributed by atoms with E-state index in [1.807, 2.05) is 6.92 Å². The highest BCUT2D eigenvalue weighted by molar-refractivity contribution is 8.00. The maximum atomic E-state index is 12.9. The van der Waals surface area contributed by atoms with E-state index in [0.29, 0.717) is 18.1 Å². The summed E-state index contributed by atoms with van der Waals surface area (Å²) in [6, 6.07) is 5.91. The fraction of sp³-hybridized carbons (Fsp3) is 0.333. The molecule has 1 atom stereocenters. The molecule has 0 bridgehead atoms. The average molecular weight is 392 g/mol. The summed E-state index contributed by atoms with van der Waals surface area (Å²) in [6.45, 7) is 4.07. The van der Waals surface area contributed by atoms with Crippen LogP contribution in [0.4, 0.5) is 10.2 Å². The monoisotopic (exact) mass is 392 g/mol. The molecule has 27 heavy (non-hydrogen) atoms. The van der Waals surface area contributed by atoms with Gasteiger partial charge in [-0.15, -0.1) is 0 Å². The number of ether oxygens (including phenoxy) is 1. The number of nitrogens with two attached hydrogens (primary N) is 1. The third kappa shape index (κ3) is 5.92. The molecular formula is C18H21FN4O3S. The van der Waals surface area contributed by atoms with Crippen molar-refractivity contribution < 1.29 is 18.7 Å². The van der Waals surface area contributed by atoms with Crippen LogP contribution in [0.25, 0.3) is 0 Å². The molecule has 2 rings (SSSR count). The van der Waals surface area contributed by atoms with Gasteiger partial charge in [0.15, 0.2) is 5.16 Å². The van der Waals surface area contributed by atoms with Crippen molar-refractivity contribution >= 4 is 29.5 Å². The molecule has 7 nitrogen and oxygen atoms in total. The Labute approximate surface area is 160 Å². The highest BCUT2D eigenvalue weighted by Crippen LogP contribution is 2.24. The number of aromatic nitrogens is 2. The second kappa shape index (κ2) is 9.86. The zero-order chi connectivity index (χ0) is 19.8. The van der Waals surface area contributed by atoms with Crippen molar-refractivity contribution in [2.45, 2.75) is 37.2 Å². The summed E-state index contributed by atoms with van der Waals surface area (Å²) >= 11 is 1.16. The molecule has 0 aliphatic carbocycles. The summed E-state index contributed by atoms with van der Waals surface area (Å²) in [7, 11) is 0. The van der Waals surface area contributed by atoms with Crippen LogP contribution in [0.15, 0.2) is 35.6 Å². The van der Waals surface area contributed by atoms with Crippen LogP contribution in [0.2, 0.25) is 0 Å². The van der Waals surface area contributed by atoms with Crippen LogP contribution in [0.5, 0.6) is 0 Å². The summed E-state index contributed by atoms with van der Waals surface area (Å²) in [5.74, 6) is -1.10. The Morgan fingerprint density at radius 2 is 2.00 bits per heavy atom. The number of anilines is 1.